The van der Waals surface area contributed by atoms with E-state index >= 15 is 0 Å². The summed E-state index contributed by atoms with van der Waals surface area (Å²) in [5.41, 5.74) is 7.54. The molecule has 0 aliphatic heterocycles. The zero-order chi connectivity index (χ0) is 14.1. The van der Waals surface area contributed by atoms with Crippen molar-refractivity contribution < 1.29 is 4.74 Å². The van der Waals surface area contributed by atoms with E-state index in [1.54, 1.807) is 7.11 Å². The molecule has 4 heteroatoms. The second-order valence-electron chi connectivity index (χ2n) is 4.26. The van der Waals surface area contributed by atoms with Crippen molar-refractivity contribution in [2.45, 2.75) is 6.54 Å². The second-order valence-corrected chi connectivity index (χ2v) is 5.25. The Morgan fingerprint density at radius 2 is 2.21 bits per heavy atom. The highest BCUT2D eigenvalue weighted by Gasteiger charge is 2.07. The quantitative estimate of drug-likeness (QED) is 0.805. The molecule has 3 nitrogen and oxygen atoms in total. The van der Waals surface area contributed by atoms with E-state index in [0.717, 1.165) is 35.7 Å². The van der Waals surface area contributed by atoms with Gasteiger partial charge >= 0.3 is 0 Å². The summed E-state index contributed by atoms with van der Waals surface area (Å²) in [5, 5.41) is 0. The minimum absolute atomic E-state index is 0.384. The van der Waals surface area contributed by atoms with Gasteiger partial charge in [-0.05, 0) is 31.5 Å². The lowest BCUT2D eigenvalue weighted by molar-refractivity contribution is 0.335. The molecule has 104 valence electrons. The average molecular weight is 278 g/mol. The molecule has 0 atom stereocenters. The standard InChI is InChI=1S/C15H22N2OS/c1-17(9-10-19-3)12-14-11-13(5-4-8-16)6-7-15(14)18-2/h6-7,11H,8-10,12,16H2,1-3H3. The van der Waals surface area contributed by atoms with Crippen LogP contribution in [-0.2, 0) is 6.54 Å². The Labute approximate surface area is 120 Å². The number of hydrogen-bond acceptors (Lipinski definition) is 4. The fourth-order valence-corrected chi connectivity index (χ4v) is 2.24. The smallest absolute Gasteiger partial charge is 0.123 e. The normalized spacial score (nSPS) is 10.2. The van der Waals surface area contributed by atoms with Crippen molar-refractivity contribution in [1.82, 2.24) is 4.90 Å². The molecular formula is C15H22N2OS. The number of nitrogens with zero attached hydrogens (tertiary/aromatic N) is 1. The molecule has 0 fully saturated rings. The lowest BCUT2D eigenvalue weighted by Gasteiger charge is -2.18. The van der Waals surface area contributed by atoms with Gasteiger partial charge in [-0.15, -0.1) is 0 Å². The molecule has 1 aromatic rings. The van der Waals surface area contributed by atoms with Gasteiger partial charge in [0.25, 0.3) is 0 Å². The van der Waals surface area contributed by atoms with Gasteiger partial charge in [0.2, 0.25) is 0 Å². The number of ether oxygens (including phenoxy) is 1. The molecule has 0 saturated heterocycles. The Kier molecular flexibility index (Phi) is 7.42. The molecule has 0 aromatic heterocycles. The van der Waals surface area contributed by atoms with Crippen LogP contribution < -0.4 is 10.5 Å². The monoisotopic (exact) mass is 278 g/mol. The first kappa shape index (κ1) is 15.9. The lowest BCUT2D eigenvalue weighted by Crippen LogP contribution is -2.21. The molecule has 0 aliphatic carbocycles. The van der Waals surface area contributed by atoms with Crippen LogP contribution in [0.3, 0.4) is 0 Å². The molecule has 0 saturated carbocycles. The zero-order valence-electron chi connectivity index (χ0n) is 11.9. The highest BCUT2D eigenvalue weighted by molar-refractivity contribution is 7.98. The van der Waals surface area contributed by atoms with E-state index in [1.165, 1.54) is 0 Å². The molecule has 0 bridgehead atoms. The second kappa shape index (κ2) is 8.87. The molecule has 0 heterocycles. The molecule has 1 rings (SSSR count). The largest absolute Gasteiger partial charge is 0.496 e. The lowest BCUT2D eigenvalue weighted by atomic mass is 10.1. The van der Waals surface area contributed by atoms with E-state index in [0.29, 0.717) is 6.54 Å². The third kappa shape index (κ3) is 5.56. The van der Waals surface area contributed by atoms with Crippen LogP contribution in [0.1, 0.15) is 11.1 Å². The molecule has 0 spiro atoms. The molecule has 0 radical (unpaired) electrons. The number of nitrogens with two attached hydrogens (primary N) is 1. The zero-order valence-corrected chi connectivity index (χ0v) is 12.7. The molecule has 1 aromatic carbocycles. The maximum atomic E-state index is 5.41. The third-order valence-corrected chi connectivity index (χ3v) is 3.32. The summed E-state index contributed by atoms with van der Waals surface area (Å²) in [4.78, 5) is 2.29. The van der Waals surface area contributed by atoms with Crippen LogP contribution in [0, 0.1) is 11.8 Å². The summed E-state index contributed by atoms with van der Waals surface area (Å²) in [6, 6.07) is 6.02. The number of methoxy groups -OCH3 is 1. The van der Waals surface area contributed by atoms with Crippen LogP contribution in [0.4, 0.5) is 0 Å². The van der Waals surface area contributed by atoms with E-state index < -0.39 is 0 Å². The Morgan fingerprint density at radius 3 is 2.84 bits per heavy atom. The van der Waals surface area contributed by atoms with Crippen molar-refractivity contribution in [3.8, 4) is 17.6 Å². The Balaban J connectivity index is 2.83. The fourth-order valence-electron chi connectivity index (χ4n) is 1.75. The molecule has 2 N–H and O–H groups in total. The van der Waals surface area contributed by atoms with E-state index in [4.69, 9.17) is 10.5 Å². The number of hydrogen-bond donors (Lipinski definition) is 1. The highest BCUT2D eigenvalue weighted by atomic mass is 32.2. The van der Waals surface area contributed by atoms with Crippen molar-refractivity contribution in [1.29, 1.82) is 0 Å². The van der Waals surface area contributed by atoms with Gasteiger partial charge in [0.1, 0.15) is 5.75 Å². The van der Waals surface area contributed by atoms with Crippen LogP contribution in [0.15, 0.2) is 18.2 Å². The van der Waals surface area contributed by atoms with Gasteiger partial charge in [-0.2, -0.15) is 11.8 Å². The van der Waals surface area contributed by atoms with E-state index in [1.807, 2.05) is 23.9 Å². The molecule has 19 heavy (non-hydrogen) atoms. The third-order valence-electron chi connectivity index (χ3n) is 2.73. The van der Waals surface area contributed by atoms with Crippen LogP contribution in [0.25, 0.3) is 0 Å². The topological polar surface area (TPSA) is 38.5 Å². The van der Waals surface area contributed by atoms with Gasteiger partial charge in [-0.25, -0.2) is 0 Å². The van der Waals surface area contributed by atoms with E-state index in [2.05, 4.69) is 36.1 Å². The Morgan fingerprint density at radius 1 is 1.42 bits per heavy atom. The van der Waals surface area contributed by atoms with Crippen LogP contribution in [-0.4, -0.2) is 44.2 Å². The minimum atomic E-state index is 0.384. The summed E-state index contributed by atoms with van der Waals surface area (Å²) in [6.45, 7) is 2.31. The maximum absolute atomic E-state index is 5.41. The van der Waals surface area contributed by atoms with Gasteiger partial charge in [0.15, 0.2) is 0 Å². The number of thioether (sulfide) groups is 1. The van der Waals surface area contributed by atoms with Crippen molar-refractivity contribution >= 4 is 11.8 Å². The van der Waals surface area contributed by atoms with Crippen molar-refractivity contribution in [3.63, 3.8) is 0 Å². The predicted molar refractivity (Wildman–Crippen MR) is 83.6 cm³/mol. The fraction of sp³-hybridized carbons (Fsp3) is 0.467. The summed E-state index contributed by atoms with van der Waals surface area (Å²) in [7, 11) is 3.82. The Bertz CT molecular complexity index is 451. The first-order valence-electron chi connectivity index (χ1n) is 6.24. The maximum Gasteiger partial charge on any atom is 0.123 e. The van der Waals surface area contributed by atoms with Crippen molar-refractivity contribution in [2.75, 3.05) is 39.3 Å². The van der Waals surface area contributed by atoms with Gasteiger partial charge in [0, 0.05) is 30.0 Å². The van der Waals surface area contributed by atoms with Crippen LogP contribution in [0.5, 0.6) is 5.75 Å². The Hall–Kier alpha value is -1.15. The predicted octanol–water partition coefficient (Wildman–Crippen LogP) is 1.80. The minimum Gasteiger partial charge on any atom is -0.496 e. The SMILES string of the molecule is COc1ccc(C#CCN)cc1CN(C)CCSC. The van der Waals surface area contributed by atoms with Crippen LogP contribution >= 0.6 is 11.8 Å². The highest BCUT2D eigenvalue weighted by Crippen LogP contribution is 2.21. The molecule has 0 aliphatic rings. The van der Waals surface area contributed by atoms with E-state index in [9.17, 15) is 0 Å². The molecule has 0 amide bonds. The van der Waals surface area contributed by atoms with Gasteiger partial charge < -0.3 is 15.4 Å². The molecular weight excluding hydrogens is 256 g/mol. The summed E-state index contributed by atoms with van der Waals surface area (Å²) >= 11 is 1.86. The van der Waals surface area contributed by atoms with Gasteiger partial charge in [-0.1, -0.05) is 11.8 Å². The summed E-state index contributed by atoms with van der Waals surface area (Å²) < 4.78 is 5.41. The number of benzene rings is 1. The van der Waals surface area contributed by atoms with Crippen molar-refractivity contribution in [3.05, 3.63) is 29.3 Å². The van der Waals surface area contributed by atoms with Crippen LogP contribution in [0.2, 0.25) is 0 Å². The average Bonchev–Trinajstić information content (AvgIpc) is 2.43. The van der Waals surface area contributed by atoms with E-state index in [-0.39, 0.29) is 0 Å². The first-order valence-corrected chi connectivity index (χ1v) is 7.64. The van der Waals surface area contributed by atoms with Gasteiger partial charge in [-0.3, -0.25) is 0 Å². The van der Waals surface area contributed by atoms with Gasteiger partial charge in [0.05, 0.1) is 13.7 Å². The summed E-state index contributed by atoms with van der Waals surface area (Å²) in [6.07, 6.45) is 2.12. The molecule has 0 unspecified atom stereocenters. The first-order chi connectivity index (χ1) is 9.21. The summed E-state index contributed by atoms with van der Waals surface area (Å²) in [5.74, 6) is 7.98. The number of rotatable bonds is 6. The van der Waals surface area contributed by atoms with Crippen molar-refractivity contribution in [2.24, 2.45) is 5.73 Å².